The van der Waals surface area contributed by atoms with E-state index in [2.05, 4.69) is 40.9 Å². The van der Waals surface area contributed by atoms with Crippen molar-refractivity contribution in [2.45, 2.75) is 32.6 Å². The van der Waals surface area contributed by atoms with Crippen molar-refractivity contribution in [1.29, 1.82) is 0 Å². The minimum absolute atomic E-state index is 0.786. The third kappa shape index (κ3) is 11.4. The van der Waals surface area contributed by atoms with Gasteiger partial charge in [-0.3, -0.25) is 0 Å². The Morgan fingerprint density at radius 2 is 2.24 bits per heavy atom. The van der Waals surface area contributed by atoms with Crippen LogP contribution in [0.1, 0.15) is 32.6 Å². The van der Waals surface area contributed by atoms with Crippen LogP contribution < -0.4 is 0 Å². The fraction of sp³-hybridized carbons (Fsp3) is 0.500. The summed E-state index contributed by atoms with van der Waals surface area (Å²) >= 11 is 3.22. The fourth-order valence-corrected chi connectivity index (χ4v) is 1.28. The molecule has 17 heavy (non-hydrogen) atoms. The number of hydrogen-bond acceptors (Lipinski definition) is 2. The predicted molar refractivity (Wildman–Crippen MR) is 80.5 cm³/mol. The van der Waals surface area contributed by atoms with Gasteiger partial charge in [0.05, 0.1) is 0 Å². The predicted octanol–water partition coefficient (Wildman–Crippen LogP) is 3.30. The average molecular weight is 299 g/mol. The van der Waals surface area contributed by atoms with E-state index in [4.69, 9.17) is 4.76 Å². The Hall–Kier alpha value is -0.835. The van der Waals surface area contributed by atoms with Crippen LogP contribution in [0, 0.1) is 0 Å². The number of rotatable bonds is 10. The summed E-state index contributed by atoms with van der Waals surface area (Å²) < 4.78 is 6.00. The van der Waals surface area contributed by atoms with Crippen LogP contribution in [-0.2, 0) is 4.76 Å². The molecule has 94 valence electrons. The summed E-state index contributed by atoms with van der Waals surface area (Å²) in [6, 6.07) is 0. The maximum absolute atomic E-state index is 5.21. The average Bonchev–Trinajstić information content (AvgIpc) is 2.29. The van der Waals surface area contributed by atoms with Gasteiger partial charge in [0.1, 0.15) is 0 Å². The van der Waals surface area contributed by atoms with Gasteiger partial charge >= 0.3 is 113 Å². The molecule has 0 aliphatic carbocycles. The molecule has 0 atom stereocenters. The second-order valence-electron chi connectivity index (χ2n) is 3.50. The summed E-state index contributed by atoms with van der Waals surface area (Å²) in [5, 5.41) is 1.67. The van der Waals surface area contributed by atoms with Gasteiger partial charge < -0.3 is 0 Å². The normalized spacial score (nSPS) is 10.7. The van der Waals surface area contributed by atoms with Gasteiger partial charge in [-0.05, 0) is 0 Å². The molecule has 5 heteroatoms. The second-order valence-corrected chi connectivity index (χ2v) is 4.52. The van der Waals surface area contributed by atoms with Crippen molar-refractivity contribution < 1.29 is 4.76 Å². The second kappa shape index (κ2) is 11.6. The van der Waals surface area contributed by atoms with Gasteiger partial charge in [-0.15, -0.1) is 0 Å². The monoisotopic (exact) mass is 298 g/mol. The SMILES string of the molecule is C=BON(/C=N/C=C\C(=C)Br)CCCCCC. The van der Waals surface area contributed by atoms with E-state index in [9.17, 15) is 0 Å². The summed E-state index contributed by atoms with van der Waals surface area (Å²) in [6.07, 6.45) is 9.83. The molecule has 0 amide bonds. The van der Waals surface area contributed by atoms with Gasteiger partial charge in [-0.25, -0.2) is 0 Å². The molecule has 3 nitrogen and oxygen atoms in total. The Balaban J connectivity index is 3.95. The first-order valence-corrected chi connectivity index (χ1v) is 6.58. The molecule has 0 bridgehead atoms. The van der Waals surface area contributed by atoms with Crippen LogP contribution in [0.15, 0.2) is 28.3 Å². The zero-order chi connectivity index (χ0) is 12.9. The third-order valence-corrected chi connectivity index (χ3v) is 2.24. The quantitative estimate of drug-likeness (QED) is 0.154. The molecule has 0 aliphatic heterocycles. The molecule has 0 fully saturated rings. The molecule has 0 spiro atoms. The first kappa shape index (κ1) is 16.2. The molecule has 0 unspecified atom stereocenters. The van der Waals surface area contributed by atoms with Gasteiger partial charge in [0, 0.05) is 0 Å². The van der Waals surface area contributed by atoms with Gasteiger partial charge in [-0.1, -0.05) is 0 Å². The van der Waals surface area contributed by atoms with E-state index in [1.54, 1.807) is 23.7 Å². The van der Waals surface area contributed by atoms with Gasteiger partial charge in [-0.2, -0.15) is 0 Å². The molecule has 0 aromatic heterocycles. The number of halogens is 1. The number of unbranched alkanes of at least 4 members (excludes halogenated alkanes) is 3. The van der Waals surface area contributed by atoms with Crippen LogP contribution in [0.5, 0.6) is 0 Å². The molecule has 0 aromatic carbocycles. The summed E-state index contributed by atoms with van der Waals surface area (Å²) in [7, 11) is 1.40. The van der Waals surface area contributed by atoms with Crippen molar-refractivity contribution in [3.05, 3.63) is 23.3 Å². The molecular formula is C12H20BBrN2O. The molecule has 0 aromatic rings. The van der Waals surface area contributed by atoms with Gasteiger partial charge in [0.25, 0.3) is 0 Å². The molecule has 0 N–H and O–H groups in total. The maximum atomic E-state index is 5.21. The van der Waals surface area contributed by atoms with Crippen molar-refractivity contribution >= 4 is 35.9 Å². The third-order valence-electron chi connectivity index (χ3n) is 1.98. The molecule has 0 aliphatic rings. The molecule has 0 saturated heterocycles. The molecular weight excluding hydrogens is 279 g/mol. The molecule has 0 radical (unpaired) electrons. The van der Waals surface area contributed by atoms with Crippen LogP contribution in [0.4, 0.5) is 0 Å². The first-order chi connectivity index (χ1) is 8.20. The number of allylic oxidation sites excluding steroid dienone is 2. The Bertz CT molecular complexity index is 280. The number of hydroxylamine groups is 2. The van der Waals surface area contributed by atoms with Crippen LogP contribution in [0.2, 0.25) is 0 Å². The Morgan fingerprint density at radius 1 is 1.47 bits per heavy atom. The van der Waals surface area contributed by atoms with E-state index in [0.29, 0.717) is 0 Å². The van der Waals surface area contributed by atoms with Crippen LogP contribution in [0.3, 0.4) is 0 Å². The molecule has 0 saturated carbocycles. The van der Waals surface area contributed by atoms with Crippen molar-refractivity contribution in [2.75, 3.05) is 6.54 Å². The van der Waals surface area contributed by atoms with Crippen molar-refractivity contribution in [3.8, 4) is 0 Å². The first-order valence-electron chi connectivity index (χ1n) is 5.79. The summed E-state index contributed by atoms with van der Waals surface area (Å²) in [5.74, 6) is 0. The van der Waals surface area contributed by atoms with Crippen LogP contribution >= 0.6 is 15.9 Å². The summed E-state index contributed by atoms with van der Waals surface area (Å²) in [5.41, 5.74) is 0. The van der Waals surface area contributed by atoms with Crippen molar-refractivity contribution in [2.24, 2.45) is 4.99 Å². The van der Waals surface area contributed by atoms with Gasteiger partial charge in [0.2, 0.25) is 0 Å². The minimum atomic E-state index is 0.786. The zero-order valence-electron chi connectivity index (χ0n) is 10.4. The Morgan fingerprint density at radius 3 is 2.82 bits per heavy atom. The fourth-order valence-electron chi connectivity index (χ4n) is 1.16. The van der Waals surface area contributed by atoms with Crippen LogP contribution in [0.25, 0.3) is 0 Å². The van der Waals surface area contributed by atoms with E-state index in [-0.39, 0.29) is 0 Å². The summed E-state index contributed by atoms with van der Waals surface area (Å²) in [4.78, 5) is 4.09. The van der Waals surface area contributed by atoms with Crippen molar-refractivity contribution in [3.63, 3.8) is 0 Å². The number of aliphatic imine (C=N–C) groups is 1. The van der Waals surface area contributed by atoms with Crippen molar-refractivity contribution in [1.82, 2.24) is 5.06 Å². The van der Waals surface area contributed by atoms with E-state index in [1.807, 2.05) is 0 Å². The number of hydrogen-bond donors (Lipinski definition) is 0. The van der Waals surface area contributed by atoms with E-state index in [1.165, 1.54) is 26.4 Å². The van der Waals surface area contributed by atoms with E-state index >= 15 is 0 Å². The zero-order valence-corrected chi connectivity index (χ0v) is 12.0. The Labute approximate surface area is 113 Å². The molecule has 0 heterocycles. The van der Waals surface area contributed by atoms with E-state index in [0.717, 1.165) is 17.4 Å². The van der Waals surface area contributed by atoms with Gasteiger partial charge in [0.15, 0.2) is 0 Å². The Kier molecular flexibility index (Phi) is 11.1. The van der Waals surface area contributed by atoms with E-state index < -0.39 is 0 Å². The standard InChI is InChI=1S/C12H20BBrN2O/c1-4-5-6-7-10-16(17-13-3)11-15-9-8-12(2)14/h8-9,11H,2-7,10H2,1H3/b9-8-,15-11+. The number of nitrogens with zero attached hydrogens (tertiary/aromatic N) is 2. The molecule has 0 rings (SSSR count). The summed E-state index contributed by atoms with van der Waals surface area (Å²) in [6.45, 7) is 10.2. The van der Waals surface area contributed by atoms with Crippen LogP contribution in [-0.4, -0.2) is 31.5 Å². The topological polar surface area (TPSA) is 24.8 Å².